The maximum atomic E-state index is 15.1. The number of aromatic nitrogens is 3. The molecule has 10 rings (SSSR count). The molecule has 10 atom stereocenters. The van der Waals surface area contributed by atoms with Crippen LogP contribution in [0.25, 0.3) is 38.7 Å². The first-order chi connectivity index (χ1) is 40.5. The van der Waals surface area contributed by atoms with E-state index in [4.69, 9.17) is 37.8 Å². The minimum Gasteiger partial charge on any atom is -0.507 e. The number of esters is 1. The van der Waals surface area contributed by atoms with Crippen molar-refractivity contribution in [3.05, 3.63) is 131 Å². The van der Waals surface area contributed by atoms with Gasteiger partial charge in [0.15, 0.2) is 22.4 Å². The molecule has 4 aromatic carbocycles. The van der Waals surface area contributed by atoms with Gasteiger partial charge >= 0.3 is 23.6 Å². The summed E-state index contributed by atoms with van der Waals surface area (Å²) < 4.78 is 43.9. The Bertz CT molecular complexity index is 3890. The molecule has 0 radical (unpaired) electrons. The SMILES string of the molecule is CO[C@H]1/C=C/O[C@@]2(C)Oc3c(C)c(O)c4c(=O)c(c5oc6cc(N7CCN(Cc8ccc(CO[C@@H]9COc%10nc([N+](=O)[O-])cn%10C9)cc8)CC7)cc(=O)c6nc5c4c3=C2O)NC(=O)/C(C)=C\C=C\[C@H](C)[C@H](O)[C@@H](C)[C@@H](O)[C@@H](C)[C@H](OC(C)=O)[C@@H]1C. The third-order valence-electron chi connectivity index (χ3n) is 16.8. The Labute approximate surface area is 487 Å². The van der Waals surface area contributed by atoms with Gasteiger partial charge in [-0.25, -0.2) is 4.98 Å². The van der Waals surface area contributed by atoms with Crippen molar-refractivity contribution < 1.29 is 67.8 Å². The third kappa shape index (κ3) is 11.6. The Kier molecular flexibility index (Phi) is 16.8. The number of aliphatic hydroxyl groups excluding tert-OH is 3. The minimum atomic E-state index is -2.02. The van der Waals surface area contributed by atoms with Crippen molar-refractivity contribution in [3.8, 4) is 17.5 Å². The summed E-state index contributed by atoms with van der Waals surface area (Å²) in [6, 6.07) is 11.3. The largest absolute Gasteiger partial charge is 0.507 e. The van der Waals surface area contributed by atoms with Crippen molar-refractivity contribution >= 4 is 67.8 Å². The number of carbonyl (C=O) groups excluding carboxylic acids is 2. The molecular weight excluding hydrogens is 1100 g/mol. The molecule has 2 aromatic heterocycles. The Balaban J connectivity index is 0.969. The number of ether oxygens (including phenoxy) is 6. The van der Waals surface area contributed by atoms with Gasteiger partial charge in [0, 0.05) is 117 Å². The molecule has 24 nitrogen and oxygen atoms in total. The number of allylic oxidation sites excluding steroid dienone is 2. The van der Waals surface area contributed by atoms with E-state index in [-0.39, 0.29) is 79.6 Å². The lowest BCUT2D eigenvalue weighted by Gasteiger charge is -2.38. The van der Waals surface area contributed by atoms with Crippen LogP contribution in [0.1, 0.15) is 65.2 Å². The van der Waals surface area contributed by atoms with Gasteiger partial charge in [-0.2, -0.15) is 0 Å². The number of methoxy groups -OCH3 is 1. The summed E-state index contributed by atoms with van der Waals surface area (Å²) in [7, 11) is 1.44. The van der Waals surface area contributed by atoms with Crippen LogP contribution in [0, 0.1) is 40.7 Å². The first kappa shape index (κ1) is 59.7. The standard InChI is InChI=1S/C61H69N7O17/c1-30-11-10-12-31(2)59(76)64-50-54(74)46-45(47-56(35(6)53(46)73)85-61(8,58(47)75)82-22-17-42(79-9)32(3)55(83-36(7)69)34(5)52(72)33(4)51(30)71)49-57(50)84-43-24-39(23-41(70)48(43)63-49)66-20-18-65(19-21-66)25-37-13-15-38(16-14-37)28-80-40-26-67-27-44(68(77)78)62-60(67)81-29-40/h10-17,22-24,27,30,32-34,40,42,51-52,55,71-73,75H,18-21,25-26,28-29H2,1-9H3,(H,64,76)/b11-10+,22-17+,31-12-/t30-,32+,33+,34+,40-,42-,51-,52+,55+,61-/m0/s1. The number of imidazole rings is 1. The van der Waals surface area contributed by atoms with Crippen LogP contribution >= 0.6 is 0 Å². The normalized spacial score (nSPS) is 27.4. The van der Waals surface area contributed by atoms with Crippen molar-refractivity contribution in [3.63, 3.8) is 0 Å². The van der Waals surface area contributed by atoms with E-state index in [0.717, 1.165) is 11.1 Å². The van der Waals surface area contributed by atoms with Crippen LogP contribution in [0.4, 0.5) is 17.2 Å². The second-order valence-electron chi connectivity index (χ2n) is 22.7. The molecule has 0 spiro atoms. The maximum Gasteiger partial charge on any atom is 0.414 e. The number of anilines is 2. The number of hydrogen-bond acceptors (Lipinski definition) is 21. The van der Waals surface area contributed by atoms with Crippen molar-refractivity contribution in [2.24, 2.45) is 23.7 Å². The molecule has 0 aliphatic carbocycles. The van der Waals surface area contributed by atoms with Crippen molar-refractivity contribution in [1.29, 1.82) is 0 Å². The van der Waals surface area contributed by atoms with Gasteiger partial charge < -0.3 is 73.6 Å². The highest BCUT2D eigenvalue weighted by molar-refractivity contribution is 6.17. The summed E-state index contributed by atoms with van der Waals surface area (Å²) in [5.74, 6) is -7.48. The number of nitro groups is 1. The topological polar surface area (TPSA) is 310 Å². The fraction of sp³-hybridized carbons (Fsp3) is 0.443. The highest BCUT2D eigenvalue weighted by Gasteiger charge is 2.44. The average Bonchev–Trinajstić information content (AvgIpc) is 1.77. The first-order valence-corrected chi connectivity index (χ1v) is 28.1. The molecule has 4 bridgehead atoms. The monoisotopic (exact) mass is 1170 g/mol. The molecule has 4 aliphatic rings. The predicted octanol–water partition coefficient (Wildman–Crippen LogP) is 5.96. The maximum absolute atomic E-state index is 15.1. The Morgan fingerprint density at radius 3 is 2.34 bits per heavy atom. The van der Waals surface area contributed by atoms with E-state index in [0.29, 0.717) is 51.6 Å². The zero-order valence-corrected chi connectivity index (χ0v) is 48.6. The van der Waals surface area contributed by atoms with Gasteiger partial charge in [-0.05, 0) is 36.0 Å². The summed E-state index contributed by atoms with van der Waals surface area (Å²) in [4.78, 5) is 79.8. The predicted molar refractivity (Wildman–Crippen MR) is 312 cm³/mol. The van der Waals surface area contributed by atoms with Crippen LogP contribution in [0.15, 0.2) is 92.7 Å². The van der Waals surface area contributed by atoms with E-state index in [1.54, 1.807) is 50.5 Å². The molecule has 24 heteroatoms. The number of phenolic OH excluding ortho intramolecular Hbond substituents is 1. The Morgan fingerprint density at radius 1 is 0.929 bits per heavy atom. The van der Waals surface area contributed by atoms with E-state index in [1.165, 1.54) is 65.5 Å². The number of aliphatic hydroxyl groups is 3. The van der Waals surface area contributed by atoms with Gasteiger partial charge in [-0.15, -0.1) is 0 Å². The van der Waals surface area contributed by atoms with E-state index in [9.17, 15) is 44.9 Å². The molecular formula is C61H69N7O17. The fourth-order valence-corrected chi connectivity index (χ4v) is 11.7. The van der Waals surface area contributed by atoms with E-state index in [2.05, 4.69) is 15.2 Å². The highest BCUT2D eigenvalue weighted by Crippen LogP contribution is 2.43. The molecule has 1 saturated heterocycles. The van der Waals surface area contributed by atoms with Crippen LogP contribution in [0.2, 0.25) is 0 Å². The molecule has 6 aromatic rings. The van der Waals surface area contributed by atoms with Crippen molar-refractivity contribution in [2.75, 3.05) is 50.1 Å². The zero-order chi connectivity index (χ0) is 60.9. The van der Waals surface area contributed by atoms with Crippen LogP contribution in [-0.4, -0.2) is 133 Å². The summed E-state index contributed by atoms with van der Waals surface area (Å²) in [5.41, 5.74) is 0.254. The molecule has 1 amide bonds. The number of benzene rings is 4. The van der Waals surface area contributed by atoms with Crippen LogP contribution < -0.4 is 35.8 Å². The fourth-order valence-electron chi connectivity index (χ4n) is 11.7. The molecule has 0 unspecified atom stereocenters. The molecule has 4 aliphatic heterocycles. The number of carbonyl (C=O) groups is 2. The summed E-state index contributed by atoms with van der Waals surface area (Å²) in [6.07, 6.45) is 4.42. The van der Waals surface area contributed by atoms with Crippen LogP contribution in [0.5, 0.6) is 17.5 Å². The second kappa shape index (κ2) is 23.9. The number of piperazine rings is 1. The van der Waals surface area contributed by atoms with Crippen LogP contribution in [-0.2, 0) is 48.2 Å². The van der Waals surface area contributed by atoms with Gasteiger partial charge in [0.05, 0.1) is 48.3 Å². The Hall–Kier alpha value is -8.42. The molecule has 6 heterocycles. The molecule has 85 heavy (non-hydrogen) atoms. The minimum absolute atomic E-state index is 0.0135. The third-order valence-corrected chi connectivity index (χ3v) is 16.8. The molecule has 450 valence electrons. The van der Waals surface area contributed by atoms with Crippen LogP contribution in [0.3, 0.4) is 0 Å². The van der Waals surface area contributed by atoms with E-state index in [1.807, 2.05) is 29.2 Å². The lowest BCUT2D eigenvalue weighted by Crippen LogP contribution is -2.46. The lowest BCUT2D eigenvalue weighted by atomic mass is 9.78. The first-order valence-electron chi connectivity index (χ1n) is 28.1. The number of phenols is 1. The van der Waals surface area contributed by atoms with Gasteiger partial charge in [-0.1, -0.05) is 70.2 Å². The number of fused-ring (bicyclic) bond motifs is 3. The summed E-state index contributed by atoms with van der Waals surface area (Å²) in [6.45, 7) is 16.5. The Morgan fingerprint density at radius 2 is 1.65 bits per heavy atom. The quantitative estimate of drug-likeness (QED) is 0.0366. The van der Waals surface area contributed by atoms with Gasteiger partial charge in [0.1, 0.15) is 47.7 Å². The molecule has 5 N–H and O–H groups in total. The summed E-state index contributed by atoms with van der Waals surface area (Å²) >= 11 is 0. The number of nitrogens with one attached hydrogen (secondary N) is 1. The zero-order valence-electron chi connectivity index (χ0n) is 48.6. The van der Waals surface area contributed by atoms with E-state index >= 15 is 4.79 Å². The highest BCUT2D eigenvalue weighted by atomic mass is 16.7. The van der Waals surface area contributed by atoms with Crippen molar-refractivity contribution in [1.82, 2.24) is 19.4 Å². The summed E-state index contributed by atoms with van der Waals surface area (Å²) in [5, 5.41) is 60.8. The number of rotatable bonds is 9. The van der Waals surface area contributed by atoms with Gasteiger partial charge in [0.25, 0.3) is 5.91 Å². The number of hydrogen-bond donors (Lipinski definition) is 5. The molecule has 1 fully saturated rings. The number of aromatic hydroxyl groups is 1. The van der Waals surface area contributed by atoms with Gasteiger partial charge in [-0.3, -0.25) is 28.6 Å². The van der Waals surface area contributed by atoms with Crippen molar-refractivity contribution in [2.45, 2.75) is 111 Å². The second-order valence-corrected chi connectivity index (χ2v) is 22.7. The number of nitrogens with zero attached hydrogens (tertiary/aromatic N) is 6. The smallest absolute Gasteiger partial charge is 0.414 e. The van der Waals surface area contributed by atoms with E-state index < -0.39 is 98.7 Å². The average molecular weight is 1170 g/mol. The van der Waals surface area contributed by atoms with Gasteiger partial charge in [0.2, 0.25) is 10.9 Å². The lowest BCUT2D eigenvalue weighted by molar-refractivity contribution is -0.389. The number of amides is 1. The molecule has 0 saturated carbocycles.